The van der Waals surface area contributed by atoms with Crippen LogP contribution in [0.1, 0.15) is 47.8 Å². The van der Waals surface area contributed by atoms with Gasteiger partial charge < -0.3 is 20.4 Å². The molecule has 0 heterocycles. The zero-order valence-electron chi connectivity index (χ0n) is 17.5. The quantitative estimate of drug-likeness (QED) is 0.289. The molecule has 0 aliphatic heterocycles. The fraction of sp³-hybridized carbons (Fsp3) is 0.240. The number of phenols is 3. The highest BCUT2D eigenvalue weighted by Gasteiger charge is 2.14. The first-order chi connectivity index (χ1) is 14.1. The molecule has 5 nitrogen and oxygen atoms in total. The van der Waals surface area contributed by atoms with Crippen LogP contribution in [0, 0.1) is 0 Å². The second-order valence-electron chi connectivity index (χ2n) is 7.64. The summed E-state index contributed by atoms with van der Waals surface area (Å²) in [5.74, 6) is -0.733. The van der Waals surface area contributed by atoms with Gasteiger partial charge in [0.25, 0.3) is 0 Å². The number of carbonyl (C=O) groups excluding carboxylic acids is 1. The van der Waals surface area contributed by atoms with Gasteiger partial charge in [-0.3, -0.25) is 4.79 Å². The summed E-state index contributed by atoms with van der Waals surface area (Å²) in [5.41, 5.74) is 3.70. The average Bonchev–Trinajstić information content (AvgIpc) is 2.66. The van der Waals surface area contributed by atoms with Crippen LogP contribution >= 0.6 is 0 Å². The number of phenolic OH excluding ortho intramolecular Hbond substituents is 3. The van der Waals surface area contributed by atoms with Crippen molar-refractivity contribution < 1.29 is 25.2 Å². The Kier molecular flexibility index (Phi) is 7.61. The minimum absolute atomic E-state index is 0.0746. The fourth-order valence-corrected chi connectivity index (χ4v) is 2.88. The lowest BCUT2D eigenvalue weighted by Crippen LogP contribution is -2.11. The van der Waals surface area contributed by atoms with Crippen molar-refractivity contribution >= 4 is 11.9 Å². The zero-order valence-corrected chi connectivity index (χ0v) is 17.5. The Morgan fingerprint density at radius 3 is 2.33 bits per heavy atom. The van der Waals surface area contributed by atoms with Crippen LogP contribution in [0.15, 0.2) is 60.2 Å². The van der Waals surface area contributed by atoms with Crippen molar-refractivity contribution in [2.45, 2.75) is 39.7 Å². The summed E-state index contributed by atoms with van der Waals surface area (Å²) < 4.78 is 0. The van der Waals surface area contributed by atoms with E-state index in [1.165, 1.54) is 18.2 Å². The van der Waals surface area contributed by atoms with Gasteiger partial charge in [0.2, 0.25) is 0 Å². The lowest BCUT2D eigenvalue weighted by Gasteiger charge is -2.15. The molecule has 1 atom stereocenters. The Morgan fingerprint density at radius 1 is 1.07 bits per heavy atom. The van der Waals surface area contributed by atoms with E-state index < -0.39 is 11.9 Å². The number of allylic oxidation sites excluding steroid dienone is 3. The Labute approximate surface area is 177 Å². The molecule has 0 spiro atoms. The molecular weight excluding hydrogens is 380 g/mol. The SMILES string of the molecule is C=C(C)[C@@H](O)Cc1cc(/C=C/C(=O)c2ccc(O)cc2O)cc(CC=C(C)C)c1O. The van der Waals surface area contributed by atoms with Gasteiger partial charge in [-0.25, -0.2) is 0 Å². The molecule has 0 amide bonds. The summed E-state index contributed by atoms with van der Waals surface area (Å²) in [4.78, 5) is 12.4. The molecule has 0 saturated carbocycles. The average molecular weight is 408 g/mol. The summed E-state index contributed by atoms with van der Waals surface area (Å²) in [6.45, 7) is 9.41. The number of carbonyl (C=O) groups is 1. The standard InChI is InChI=1S/C25H28O5/c1-15(2)5-7-18-11-17(12-19(25(18)30)13-23(28)16(3)4)6-10-22(27)21-9-8-20(26)14-24(21)29/h5-6,8-12,14,23,26,28-30H,3,7,13H2,1-2,4H3/b10-6+/t23-/m0/s1. The van der Waals surface area contributed by atoms with E-state index in [0.717, 1.165) is 11.6 Å². The van der Waals surface area contributed by atoms with E-state index in [2.05, 4.69) is 6.58 Å². The largest absolute Gasteiger partial charge is 0.508 e. The third kappa shape index (κ3) is 6.09. The smallest absolute Gasteiger partial charge is 0.189 e. The van der Waals surface area contributed by atoms with Gasteiger partial charge in [0, 0.05) is 12.5 Å². The van der Waals surface area contributed by atoms with E-state index in [4.69, 9.17) is 0 Å². The molecule has 5 heteroatoms. The highest BCUT2D eigenvalue weighted by molar-refractivity contribution is 6.08. The van der Waals surface area contributed by atoms with Crippen molar-refractivity contribution in [2.75, 3.05) is 0 Å². The Balaban J connectivity index is 2.40. The number of aliphatic hydroxyl groups is 1. The Morgan fingerprint density at radius 2 is 1.73 bits per heavy atom. The highest BCUT2D eigenvalue weighted by Crippen LogP contribution is 2.29. The Bertz CT molecular complexity index is 1010. The maximum absolute atomic E-state index is 12.4. The number of ketones is 1. The van der Waals surface area contributed by atoms with Gasteiger partial charge in [-0.05, 0) is 74.2 Å². The van der Waals surface area contributed by atoms with E-state index in [9.17, 15) is 25.2 Å². The molecule has 0 aliphatic rings. The van der Waals surface area contributed by atoms with Gasteiger partial charge in [-0.1, -0.05) is 29.9 Å². The first kappa shape index (κ1) is 23.0. The molecule has 4 N–H and O–H groups in total. The lowest BCUT2D eigenvalue weighted by molar-refractivity contribution is 0.104. The monoisotopic (exact) mass is 408 g/mol. The first-order valence-corrected chi connectivity index (χ1v) is 9.64. The maximum Gasteiger partial charge on any atom is 0.189 e. The number of hydrogen-bond donors (Lipinski definition) is 4. The normalized spacial score (nSPS) is 12.0. The van der Waals surface area contributed by atoms with Crippen LogP contribution < -0.4 is 0 Å². The summed E-state index contributed by atoms with van der Waals surface area (Å²) in [6, 6.07) is 7.29. The highest BCUT2D eigenvalue weighted by atomic mass is 16.3. The van der Waals surface area contributed by atoms with Crippen LogP contribution in [0.2, 0.25) is 0 Å². The van der Waals surface area contributed by atoms with Crippen molar-refractivity contribution in [1.82, 2.24) is 0 Å². The first-order valence-electron chi connectivity index (χ1n) is 9.64. The van der Waals surface area contributed by atoms with Crippen molar-refractivity contribution in [2.24, 2.45) is 0 Å². The maximum atomic E-state index is 12.4. The van der Waals surface area contributed by atoms with E-state index in [1.807, 2.05) is 19.9 Å². The molecule has 2 aromatic rings. The number of aliphatic hydroxyl groups excluding tert-OH is 1. The molecule has 0 saturated heterocycles. The minimum atomic E-state index is -0.790. The van der Waals surface area contributed by atoms with Crippen molar-refractivity contribution in [3.05, 3.63) is 82.5 Å². The summed E-state index contributed by atoms with van der Waals surface area (Å²) in [7, 11) is 0. The van der Waals surface area contributed by atoms with Gasteiger partial charge in [0.15, 0.2) is 5.78 Å². The molecule has 30 heavy (non-hydrogen) atoms. The van der Waals surface area contributed by atoms with Gasteiger partial charge in [0.1, 0.15) is 17.2 Å². The second-order valence-corrected chi connectivity index (χ2v) is 7.64. The van der Waals surface area contributed by atoms with Gasteiger partial charge in [-0.2, -0.15) is 0 Å². The molecule has 0 aromatic heterocycles. The van der Waals surface area contributed by atoms with Gasteiger partial charge in [0.05, 0.1) is 11.7 Å². The molecule has 158 valence electrons. The van der Waals surface area contributed by atoms with Gasteiger partial charge >= 0.3 is 0 Å². The fourth-order valence-electron chi connectivity index (χ4n) is 2.88. The van der Waals surface area contributed by atoms with Crippen LogP contribution in [-0.2, 0) is 12.8 Å². The van der Waals surface area contributed by atoms with E-state index in [0.29, 0.717) is 28.7 Å². The minimum Gasteiger partial charge on any atom is -0.508 e. The molecule has 0 bridgehead atoms. The van der Waals surface area contributed by atoms with Crippen molar-refractivity contribution in [1.29, 1.82) is 0 Å². The number of hydrogen-bond acceptors (Lipinski definition) is 5. The predicted molar refractivity (Wildman–Crippen MR) is 119 cm³/mol. The summed E-state index contributed by atoms with van der Waals surface area (Å²) in [6.07, 6.45) is 4.83. The lowest BCUT2D eigenvalue weighted by atomic mass is 9.95. The summed E-state index contributed by atoms with van der Waals surface area (Å²) in [5, 5.41) is 40.1. The van der Waals surface area contributed by atoms with Crippen molar-refractivity contribution in [3.8, 4) is 17.2 Å². The molecule has 0 aliphatic carbocycles. The molecular formula is C25H28O5. The molecule has 2 rings (SSSR count). The third-order valence-electron chi connectivity index (χ3n) is 4.68. The van der Waals surface area contributed by atoms with E-state index >= 15 is 0 Å². The van der Waals surface area contributed by atoms with Crippen LogP contribution in [0.4, 0.5) is 0 Å². The van der Waals surface area contributed by atoms with Crippen molar-refractivity contribution in [3.63, 3.8) is 0 Å². The summed E-state index contributed by atoms with van der Waals surface area (Å²) >= 11 is 0. The Hall–Kier alpha value is -3.31. The number of rotatable bonds is 8. The van der Waals surface area contributed by atoms with Crippen LogP contribution in [0.3, 0.4) is 0 Å². The van der Waals surface area contributed by atoms with E-state index in [1.54, 1.807) is 25.1 Å². The zero-order chi connectivity index (χ0) is 22.4. The molecule has 0 radical (unpaired) electrons. The van der Waals surface area contributed by atoms with E-state index in [-0.39, 0.29) is 29.2 Å². The second kappa shape index (κ2) is 9.94. The van der Waals surface area contributed by atoms with Crippen LogP contribution in [0.25, 0.3) is 6.08 Å². The van der Waals surface area contributed by atoms with Crippen LogP contribution in [0.5, 0.6) is 17.2 Å². The molecule has 0 unspecified atom stereocenters. The van der Waals surface area contributed by atoms with Crippen LogP contribution in [-0.4, -0.2) is 32.3 Å². The number of benzene rings is 2. The number of aromatic hydroxyl groups is 3. The molecule has 0 fully saturated rings. The van der Waals surface area contributed by atoms with Gasteiger partial charge in [-0.15, -0.1) is 0 Å². The third-order valence-corrected chi connectivity index (χ3v) is 4.68. The predicted octanol–water partition coefficient (Wildman–Crippen LogP) is 4.69. The molecule has 2 aromatic carbocycles. The topological polar surface area (TPSA) is 98.0 Å².